The molecule has 0 spiro atoms. The maximum Gasteiger partial charge on any atom is 0.303 e. The van der Waals surface area contributed by atoms with Crippen molar-refractivity contribution < 1.29 is 23.7 Å². The van der Waals surface area contributed by atoms with E-state index in [2.05, 4.69) is 6.58 Å². The van der Waals surface area contributed by atoms with Gasteiger partial charge in [-0.3, -0.25) is 4.79 Å². The first-order valence-electron chi connectivity index (χ1n) is 8.96. The number of allylic oxidation sites excluding steroid dienone is 1. The molecule has 1 saturated heterocycles. The average molecular weight is 452 g/mol. The second-order valence-electron chi connectivity index (χ2n) is 6.87. The summed E-state index contributed by atoms with van der Waals surface area (Å²) in [5, 5.41) is 0. The van der Waals surface area contributed by atoms with Crippen molar-refractivity contribution in [2.24, 2.45) is 11.8 Å². The summed E-state index contributed by atoms with van der Waals surface area (Å²) in [6.07, 6.45) is -1.91. The van der Waals surface area contributed by atoms with Crippen LogP contribution in [0.1, 0.15) is 26.3 Å². The summed E-state index contributed by atoms with van der Waals surface area (Å²) in [6.45, 7) is 9.73. The van der Waals surface area contributed by atoms with Crippen LogP contribution in [-0.4, -0.2) is 34.9 Å². The second kappa shape index (κ2) is 10.2. The van der Waals surface area contributed by atoms with Crippen LogP contribution in [0, 0.1) is 11.8 Å². The number of hydrogen-bond donors (Lipinski definition) is 0. The number of alkyl halides is 3. The molecular formula is C20H25Cl3O5. The number of benzene rings is 1. The standard InChI is InChI=1S/C20H25Cl3O5/c1-12-13(2)18(27-15(4)24)19(26-14(3)20(21,22)23)28-17(12)11-25-10-16-8-6-5-7-9-16/h5-9,12-13,17-19H,3,10-11H2,1-2,4H3/t12-,13-,17?,18?,19-/m0/s1. The molecule has 28 heavy (non-hydrogen) atoms. The van der Waals surface area contributed by atoms with Gasteiger partial charge in [0.25, 0.3) is 0 Å². The number of ether oxygens (including phenoxy) is 4. The molecule has 8 heteroatoms. The zero-order chi connectivity index (χ0) is 20.9. The molecule has 0 bridgehead atoms. The van der Waals surface area contributed by atoms with Gasteiger partial charge in [0.05, 0.1) is 19.3 Å². The van der Waals surface area contributed by atoms with Crippen molar-refractivity contribution >= 4 is 40.8 Å². The topological polar surface area (TPSA) is 54.0 Å². The Labute approximate surface area is 180 Å². The van der Waals surface area contributed by atoms with E-state index in [-0.39, 0.29) is 23.7 Å². The van der Waals surface area contributed by atoms with Crippen LogP contribution in [-0.2, 0) is 30.3 Å². The lowest BCUT2D eigenvalue weighted by molar-refractivity contribution is -0.270. The van der Waals surface area contributed by atoms with Gasteiger partial charge in [-0.15, -0.1) is 0 Å². The van der Waals surface area contributed by atoms with Crippen molar-refractivity contribution in [3.8, 4) is 0 Å². The van der Waals surface area contributed by atoms with E-state index in [1.165, 1.54) is 6.92 Å². The Balaban J connectivity index is 2.06. The minimum Gasteiger partial charge on any atom is -0.461 e. The summed E-state index contributed by atoms with van der Waals surface area (Å²) >= 11 is 17.5. The number of rotatable bonds is 7. The lowest BCUT2D eigenvalue weighted by Gasteiger charge is -2.44. The van der Waals surface area contributed by atoms with Crippen LogP contribution in [0.25, 0.3) is 0 Å². The highest BCUT2D eigenvalue weighted by molar-refractivity contribution is 6.69. The Bertz CT molecular complexity index is 662. The van der Waals surface area contributed by atoms with Gasteiger partial charge in [-0.1, -0.05) is 85.6 Å². The van der Waals surface area contributed by atoms with Gasteiger partial charge < -0.3 is 18.9 Å². The lowest BCUT2D eigenvalue weighted by atomic mass is 9.83. The molecule has 0 aromatic heterocycles. The zero-order valence-corrected chi connectivity index (χ0v) is 18.3. The number of carbonyl (C=O) groups is 1. The van der Waals surface area contributed by atoms with Gasteiger partial charge in [0.1, 0.15) is 5.76 Å². The lowest BCUT2D eigenvalue weighted by Crippen LogP contribution is -2.53. The molecule has 5 atom stereocenters. The van der Waals surface area contributed by atoms with Crippen molar-refractivity contribution in [2.45, 2.75) is 49.7 Å². The van der Waals surface area contributed by atoms with E-state index in [1.807, 2.05) is 44.2 Å². The van der Waals surface area contributed by atoms with E-state index in [1.54, 1.807) is 0 Å². The normalized spacial score (nSPS) is 27.9. The Hall–Kier alpha value is -0.980. The predicted octanol–water partition coefficient (Wildman–Crippen LogP) is 5.03. The molecule has 1 aliphatic rings. The molecule has 0 radical (unpaired) electrons. The van der Waals surface area contributed by atoms with Gasteiger partial charge in [-0.05, 0) is 11.5 Å². The van der Waals surface area contributed by atoms with E-state index in [0.29, 0.717) is 13.2 Å². The third-order valence-corrected chi connectivity index (χ3v) is 5.41. The Kier molecular flexibility index (Phi) is 8.46. The summed E-state index contributed by atoms with van der Waals surface area (Å²) in [7, 11) is 0. The molecule has 2 rings (SSSR count). The molecule has 156 valence electrons. The van der Waals surface area contributed by atoms with Crippen molar-refractivity contribution in [3.63, 3.8) is 0 Å². The van der Waals surface area contributed by atoms with E-state index in [0.717, 1.165) is 5.56 Å². The van der Waals surface area contributed by atoms with Crippen molar-refractivity contribution in [2.75, 3.05) is 6.61 Å². The summed E-state index contributed by atoms with van der Waals surface area (Å²) in [4.78, 5) is 11.5. The molecule has 1 aromatic carbocycles. The van der Waals surface area contributed by atoms with Gasteiger partial charge >= 0.3 is 5.97 Å². The molecule has 1 aliphatic heterocycles. The third-order valence-electron chi connectivity index (χ3n) is 4.78. The molecule has 0 saturated carbocycles. The van der Waals surface area contributed by atoms with Gasteiger partial charge in [0.2, 0.25) is 10.1 Å². The molecule has 0 aliphatic carbocycles. The molecule has 5 nitrogen and oxygen atoms in total. The van der Waals surface area contributed by atoms with Crippen LogP contribution in [0.4, 0.5) is 0 Å². The summed E-state index contributed by atoms with van der Waals surface area (Å²) in [5.74, 6) is -0.581. The smallest absolute Gasteiger partial charge is 0.303 e. The van der Waals surface area contributed by atoms with Gasteiger partial charge in [0, 0.05) is 12.8 Å². The molecule has 1 heterocycles. The quantitative estimate of drug-likeness (QED) is 0.330. The second-order valence-corrected chi connectivity index (χ2v) is 9.16. The third kappa shape index (κ3) is 6.53. The largest absolute Gasteiger partial charge is 0.461 e. The highest BCUT2D eigenvalue weighted by Gasteiger charge is 2.46. The highest BCUT2D eigenvalue weighted by Crippen LogP contribution is 2.39. The Morgan fingerprint density at radius 2 is 1.79 bits per heavy atom. The fraction of sp³-hybridized carbons (Fsp3) is 0.550. The molecule has 0 N–H and O–H groups in total. The number of hydrogen-bond acceptors (Lipinski definition) is 5. The Morgan fingerprint density at radius 1 is 1.14 bits per heavy atom. The van der Waals surface area contributed by atoms with Crippen molar-refractivity contribution in [1.82, 2.24) is 0 Å². The zero-order valence-electron chi connectivity index (χ0n) is 16.1. The van der Waals surface area contributed by atoms with Gasteiger partial charge in [-0.25, -0.2) is 0 Å². The van der Waals surface area contributed by atoms with Crippen LogP contribution in [0.2, 0.25) is 0 Å². The fourth-order valence-corrected chi connectivity index (χ4v) is 3.11. The first-order valence-corrected chi connectivity index (χ1v) is 10.1. The minimum absolute atomic E-state index is 0.0426. The van der Waals surface area contributed by atoms with Gasteiger partial charge in [0.15, 0.2) is 6.10 Å². The number of carbonyl (C=O) groups excluding carboxylic acids is 1. The van der Waals surface area contributed by atoms with E-state index in [4.69, 9.17) is 53.8 Å². The molecular weight excluding hydrogens is 427 g/mol. The number of esters is 1. The van der Waals surface area contributed by atoms with Crippen LogP contribution >= 0.6 is 34.8 Å². The van der Waals surface area contributed by atoms with E-state index < -0.39 is 22.2 Å². The van der Waals surface area contributed by atoms with Crippen LogP contribution in [0.3, 0.4) is 0 Å². The van der Waals surface area contributed by atoms with Crippen LogP contribution < -0.4 is 0 Å². The van der Waals surface area contributed by atoms with E-state index in [9.17, 15) is 4.79 Å². The van der Waals surface area contributed by atoms with Gasteiger partial charge in [-0.2, -0.15) is 0 Å². The van der Waals surface area contributed by atoms with E-state index >= 15 is 0 Å². The predicted molar refractivity (Wildman–Crippen MR) is 109 cm³/mol. The monoisotopic (exact) mass is 450 g/mol. The molecule has 1 fully saturated rings. The SMILES string of the molecule is C=C(O[C@H]1OC(COCc2ccccc2)[C@@H](C)[C@H](C)C1OC(C)=O)C(Cl)(Cl)Cl. The van der Waals surface area contributed by atoms with Crippen LogP contribution in [0.15, 0.2) is 42.7 Å². The maximum atomic E-state index is 11.5. The summed E-state index contributed by atoms with van der Waals surface area (Å²) in [5.41, 5.74) is 1.06. The summed E-state index contributed by atoms with van der Waals surface area (Å²) in [6, 6.07) is 9.84. The first-order chi connectivity index (χ1) is 13.1. The molecule has 0 amide bonds. The fourth-order valence-electron chi connectivity index (χ4n) is 2.97. The minimum atomic E-state index is -1.82. The van der Waals surface area contributed by atoms with Crippen molar-refractivity contribution in [3.05, 3.63) is 48.2 Å². The first kappa shape index (κ1) is 23.3. The number of halogens is 3. The highest BCUT2D eigenvalue weighted by atomic mass is 35.6. The van der Waals surface area contributed by atoms with Crippen LogP contribution in [0.5, 0.6) is 0 Å². The molecule has 1 aromatic rings. The Morgan fingerprint density at radius 3 is 2.36 bits per heavy atom. The summed E-state index contributed by atoms with van der Waals surface area (Å²) < 4.78 is 21.1. The van der Waals surface area contributed by atoms with Crippen molar-refractivity contribution in [1.29, 1.82) is 0 Å². The molecule has 2 unspecified atom stereocenters. The maximum absolute atomic E-state index is 11.5. The average Bonchev–Trinajstić information content (AvgIpc) is 2.62.